The first-order valence-corrected chi connectivity index (χ1v) is 5.00. The standard InChI is InChI=1S/C13H7F4N/c14-9-4-10(15)6-11(5-9)18-7-8-2-1-3-12(16)13(8)17/h1-7H. The van der Waals surface area contributed by atoms with Crippen LogP contribution in [0.15, 0.2) is 41.4 Å². The van der Waals surface area contributed by atoms with Gasteiger partial charge in [0.15, 0.2) is 11.6 Å². The monoisotopic (exact) mass is 253 g/mol. The molecular formula is C13H7F4N. The Bertz CT molecular complexity index is 588. The zero-order chi connectivity index (χ0) is 13.1. The number of hydrogen-bond donors (Lipinski definition) is 0. The fourth-order valence-electron chi connectivity index (χ4n) is 1.38. The van der Waals surface area contributed by atoms with Crippen LogP contribution in [-0.4, -0.2) is 6.21 Å². The Labute approximate surface area is 100 Å². The van der Waals surface area contributed by atoms with Gasteiger partial charge >= 0.3 is 0 Å². The van der Waals surface area contributed by atoms with Crippen LogP contribution in [0, 0.1) is 23.3 Å². The van der Waals surface area contributed by atoms with Crippen molar-refractivity contribution >= 4 is 11.9 Å². The molecule has 0 amide bonds. The summed E-state index contributed by atoms with van der Waals surface area (Å²) in [5, 5.41) is 0. The Morgan fingerprint density at radius 2 is 1.56 bits per heavy atom. The molecule has 0 saturated heterocycles. The quantitative estimate of drug-likeness (QED) is 0.566. The van der Waals surface area contributed by atoms with E-state index in [0.717, 1.165) is 24.4 Å². The topological polar surface area (TPSA) is 12.4 Å². The predicted octanol–water partition coefficient (Wildman–Crippen LogP) is 3.99. The van der Waals surface area contributed by atoms with E-state index in [1.54, 1.807) is 0 Å². The first kappa shape index (κ1) is 12.3. The normalized spacial score (nSPS) is 11.1. The van der Waals surface area contributed by atoms with Crippen molar-refractivity contribution in [2.24, 2.45) is 4.99 Å². The van der Waals surface area contributed by atoms with Gasteiger partial charge in [-0.15, -0.1) is 0 Å². The molecule has 0 spiro atoms. The van der Waals surface area contributed by atoms with Gasteiger partial charge in [0, 0.05) is 17.8 Å². The van der Waals surface area contributed by atoms with Gasteiger partial charge in [0.2, 0.25) is 0 Å². The van der Waals surface area contributed by atoms with Crippen LogP contribution in [-0.2, 0) is 0 Å². The van der Waals surface area contributed by atoms with Gasteiger partial charge in [-0.3, -0.25) is 4.99 Å². The highest BCUT2D eigenvalue weighted by molar-refractivity contribution is 5.82. The fourth-order valence-corrected chi connectivity index (χ4v) is 1.38. The summed E-state index contributed by atoms with van der Waals surface area (Å²) in [6, 6.07) is 6.24. The highest BCUT2D eigenvalue weighted by Gasteiger charge is 2.05. The van der Waals surface area contributed by atoms with Crippen molar-refractivity contribution in [3.63, 3.8) is 0 Å². The van der Waals surface area contributed by atoms with Crippen LogP contribution in [0.4, 0.5) is 23.2 Å². The molecule has 0 saturated carbocycles. The third-order valence-electron chi connectivity index (χ3n) is 2.18. The lowest BCUT2D eigenvalue weighted by Gasteiger charge is -1.98. The molecule has 1 nitrogen and oxygen atoms in total. The molecule has 2 aromatic rings. The summed E-state index contributed by atoms with van der Waals surface area (Å²) >= 11 is 0. The van der Waals surface area contributed by atoms with E-state index in [1.165, 1.54) is 12.1 Å². The van der Waals surface area contributed by atoms with Crippen molar-refractivity contribution < 1.29 is 17.6 Å². The summed E-state index contributed by atoms with van der Waals surface area (Å²) in [6.45, 7) is 0. The highest BCUT2D eigenvalue weighted by atomic mass is 19.2. The lowest BCUT2D eigenvalue weighted by molar-refractivity contribution is 0.507. The van der Waals surface area contributed by atoms with E-state index in [-0.39, 0.29) is 11.3 Å². The zero-order valence-electron chi connectivity index (χ0n) is 9.00. The van der Waals surface area contributed by atoms with E-state index in [1.807, 2.05) is 0 Å². The van der Waals surface area contributed by atoms with Crippen LogP contribution in [0.3, 0.4) is 0 Å². The molecule has 0 heterocycles. The van der Waals surface area contributed by atoms with Crippen LogP contribution < -0.4 is 0 Å². The summed E-state index contributed by atoms with van der Waals surface area (Å²) in [7, 11) is 0. The summed E-state index contributed by atoms with van der Waals surface area (Å²) in [5.74, 6) is -3.65. The summed E-state index contributed by atoms with van der Waals surface area (Å²) in [4.78, 5) is 3.69. The fraction of sp³-hybridized carbons (Fsp3) is 0. The average Bonchev–Trinajstić information content (AvgIpc) is 2.30. The molecule has 2 rings (SSSR count). The Morgan fingerprint density at radius 1 is 0.889 bits per heavy atom. The second-order valence-corrected chi connectivity index (χ2v) is 3.53. The molecule has 0 aromatic heterocycles. The lowest BCUT2D eigenvalue weighted by atomic mass is 10.2. The molecule has 0 fully saturated rings. The second-order valence-electron chi connectivity index (χ2n) is 3.53. The number of benzene rings is 2. The molecule has 92 valence electrons. The third kappa shape index (κ3) is 2.74. The van der Waals surface area contributed by atoms with Gasteiger partial charge in [0.05, 0.1) is 5.69 Å². The van der Waals surface area contributed by atoms with Crippen LogP contribution in [0.2, 0.25) is 0 Å². The van der Waals surface area contributed by atoms with Crippen LogP contribution in [0.25, 0.3) is 0 Å². The van der Waals surface area contributed by atoms with E-state index in [2.05, 4.69) is 4.99 Å². The number of halogens is 4. The Hall–Kier alpha value is -2.17. The van der Waals surface area contributed by atoms with Crippen molar-refractivity contribution in [3.8, 4) is 0 Å². The van der Waals surface area contributed by atoms with E-state index in [4.69, 9.17) is 0 Å². The summed E-state index contributed by atoms with van der Waals surface area (Å²) < 4.78 is 51.8. The van der Waals surface area contributed by atoms with Gasteiger partial charge in [-0.2, -0.15) is 0 Å². The van der Waals surface area contributed by atoms with Crippen LogP contribution >= 0.6 is 0 Å². The van der Waals surface area contributed by atoms with E-state index in [9.17, 15) is 17.6 Å². The molecule has 0 aliphatic rings. The van der Waals surface area contributed by atoms with Gasteiger partial charge in [0.1, 0.15) is 11.6 Å². The minimum absolute atomic E-state index is 0.0174. The molecule has 0 unspecified atom stereocenters. The summed E-state index contributed by atoms with van der Waals surface area (Å²) in [6.07, 6.45) is 1.01. The minimum Gasteiger partial charge on any atom is -0.256 e. The smallest absolute Gasteiger partial charge is 0.167 e. The predicted molar refractivity (Wildman–Crippen MR) is 60.0 cm³/mol. The SMILES string of the molecule is Fc1cc(F)cc(N=Cc2cccc(F)c2F)c1. The molecule has 0 bridgehead atoms. The highest BCUT2D eigenvalue weighted by Crippen LogP contribution is 2.17. The first-order chi connectivity index (χ1) is 8.56. The molecule has 0 atom stereocenters. The largest absolute Gasteiger partial charge is 0.256 e. The molecule has 2 aromatic carbocycles. The Kier molecular flexibility index (Phi) is 3.41. The second kappa shape index (κ2) is 5.00. The maximum absolute atomic E-state index is 13.2. The van der Waals surface area contributed by atoms with Crippen molar-refractivity contribution in [3.05, 3.63) is 65.2 Å². The molecule has 0 N–H and O–H groups in total. The molecular weight excluding hydrogens is 246 g/mol. The van der Waals surface area contributed by atoms with Gasteiger partial charge in [0.25, 0.3) is 0 Å². The maximum Gasteiger partial charge on any atom is 0.167 e. The van der Waals surface area contributed by atoms with E-state index < -0.39 is 23.3 Å². The average molecular weight is 253 g/mol. The molecule has 18 heavy (non-hydrogen) atoms. The Balaban J connectivity index is 2.33. The van der Waals surface area contributed by atoms with Gasteiger partial charge in [-0.05, 0) is 18.2 Å². The lowest BCUT2D eigenvalue weighted by Crippen LogP contribution is -1.91. The molecule has 5 heteroatoms. The maximum atomic E-state index is 13.2. The van der Waals surface area contributed by atoms with E-state index in [0.29, 0.717) is 6.07 Å². The van der Waals surface area contributed by atoms with Gasteiger partial charge < -0.3 is 0 Å². The molecule has 0 aliphatic heterocycles. The number of nitrogens with zero attached hydrogens (tertiary/aromatic N) is 1. The Morgan fingerprint density at radius 3 is 2.22 bits per heavy atom. The number of rotatable bonds is 2. The minimum atomic E-state index is -1.06. The number of aliphatic imine (C=N–C) groups is 1. The van der Waals surface area contributed by atoms with Crippen LogP contribution in [0.5, 0.6) is 0 Å². The third-order valence-corrected chi connectivity index (χ3v) is 2.18. The zero-order valence-corrected chi connectivity index (χ0v) is 9.00. The van der Waals surface area contributed by atoms with E-state index >= 15 is 0 Å². The molecule has 0 radical (unpaired) electrons. The first-order valence-electron chi connectivity index (χ1n) is 5.00. The summed E-state index contributed by atoms with van der Waals surface area (Å²) in [5.41, 5.74) is -0.115. The van der Waals surface area contributed by atoms with Crippen molar-refractivity contribution in [1.29, 1.82) is 0 Å². The van der Waals surface area contributed by atoms with Gasteiger partial charge in [-0.25, -0.2) is 17.6 Å². The number of hydrogen-bond acceptors (Lipinski definition) is 1. The van der Waals surface area contributed by atoms with Crippen molar-refractivity contribution in [2.75, 3.05) is 0 Å². The van der Waals surface area contributed by atoms with Crippen LogP contribution in [0.1, 0.15) is 5.56 Å². The van der Waals surface area contributed by atoms with Crippen molar-refractivity contribution in [2.45, 2.75) is 0 Å². The molecule has 0 aliphatic carbocycles. The van der Waals surface area contributed by atoms with Gasteiger partial charge in [-0.1, -0.05) is 12.1 Å². The van der Waals surface area contributed by atoms with Crippen molar-refractivity contribution in [1.82, 2.24) is 0 Å².